The number of ether oxygens (including phenoxy) is 1. The third-order valence-electron chi connectivity index (χ3n) is 1.93. The van der Waals surface area contributed by atoms with E-state index >= 15 is 0 Å². The number of hydrogen-bond donors (Lipinski definition) is 2. The van der Waals surface area contributed by atoms with Gasteiger partial charge < -0.3 is 16.2 Å². The van der Waals surface area contributed by atoms with Crippen molar-refractivity contribution in [1.29, 1.82) is 0 Å². The number of amides is 1. The van der Waals surface area contributed by atoms with Crippen LogP contribution in [0, 0.1) is 0 Å². The van der Waals surface area contributed by atoms with E-state index in [4.69, 9.17) is 40.0 Å². The molecule has 0 saturated heterocycles. The summed E-state index contributed by atoms with van der Waals surface area (Å²) < 4.78 is 5.32. The molecule has 1 unspecified atom stereocenters. The zero-order valence-electron chi connectivity index (χ0n) is 8.57. The summed E-state index contributed by atoms with van der Waals surface area (Å²) in [5.74, 6) is -0.222. The summed E-state index contributed by atoms with van der Waals surface area (Å²) >= 11 is 10.8. The summed E-state index contributed by atoms with van der Waals surface area (Å²) in [6.45, 7) is 1.53. The molecule has 1 aromatic carbocycles. The zero-order valence-corrected chi connectivity index (χ0v) is 10.1. The van der Waals surface area contributed by atoms with Gasteiger partial charge >= 0.3 is 0 Å². The summed E-state index contributed by atoms with van der Waals surface area (Å²) in [4.78, 5) is 11.0. The third-order valence-corrected chi connectivity index (χ3v) is 2.45. The standard InChI is InChI=1S/C10H11ClN2O2S/c1-5(9(12)14)15-7-4-2-3-6(11)8(7)10(13)16/h2-5H,1H3,(H2,12,14)(H2,13,16). The van der Waals surface area contributed by atoms with Crippen molar-refractivity contribution in [1.82, 2.24) is 0 Å². The van der Waals surface area contributed by atoms with Crippen molar-refractivity contribution in [3.05, 3.63) is 28.8 Å². The van der Waals surface area contributed by atoms with Gasteiger partial charge in [0.1, 0.15) is 10.7 Å². The van der Waals surface area contributed by atoms with Gasteiger partial charge in [0.25, 0.3) is 5.91 Å². The fraction of sp³-hybridized carbons (Fsp3) is 0.200. The SMILES string of the molecule is CC(Oc1cccc(Cl)c1C(N)=S)C(N)=O. The number of carbonyl (C=O) groups is 1. The number of halogens is 1. The van der Waals surface area contributed by atoms with Crippen molar-refractivity contribution in [3.8, 4) is 5.75 Å². The lowest BCUT2D eigenvalue weighted by molar-refractivity contribution is -0.123. The fourth-order valence-electron chi connectivity index (χ4n) is 1.09. The van der Waals surface area contributed by atoms with Gasteiger partial charge in [-0.1, -0.05) is 29.9 Å². The van der Waals surface area contributed by atoms with Gasteiger partial charge in [-0.3, -0.25) is 4.79 Å². The van der Waals surface area contributed by atoms with Crippen molar-refractivity contribution in [3.63, 3.8) is 0 Å². The molecule has 0 heterocycles. The van der Waals surface area contributed by atoms with Crippen LogP contribution in [0.3, 0.4) is 0 Å². The van der Waals surface area contributed by atoms with E-state index < -0.39 is 12.0 Å². The number of carbonyl (C=O) groups excluding carboxylic acids is 1. The summed E-state index contributed by atoms with van der Waals surface area (Å²) in [5, 5.41) is 0.377. The van der Waals surface area contributed by atoms with Crippen LogP contribution in [-0.2, 0) is 4.79 Å². The highest BCUT2D eigenvalue weighted by Crippen LogP contribution is 2.26. The molecule has 1 rings (SSSR count). The minimum absolute atomic E-state index is 0.109. The molecule has 0 saturated carbocycles. The highest BCUT2D eigenvalue weighted by molar-refractivity contribution is 7.80. The van der Waals surface area contributed by atoms with Crippen LogP contribution in [0.15, 0.2) is 18.2 Å². The van der Waals surface area contributed by atoms with E-state index in [1.165, 1.54) is 6.92 Å². The lowest BCUT2D eigenvalue weighted by Crippen LogP contribution is -2.31. The lowest BCUT2D eigenvalue weighted by atomic mass is 10.2. The van der Waals surface area contributed by atoms with Crippen LogP contribution in [0.5, 0.6) is 5.75 Å². The van der Waals surface area contributed by atoms with Gasteiger partial charge in [0.15, 0.2) is 6.10 Å². The maximum atomic E-state index is 10.9. The molecule has 0 fully saturated rings. The van der Waals surface area contributed by atoms with Crippen molar-refractivity contribution >= 4 is 34.7 Å². The Morgan fingerprint density at radius 3 is 2.62 bits per heavy atom. The molecule has 0 radical (unpaired) electrons. The molecule has 16 heavy (non-hydrogen) atoms. The maximum Gasteiger partial charge on any atom is 0.258 e. The Kier molecular flexibility index (Phi) is 4.09. The number of thiocarbonyl (C=S) groups is 1. The van der Waals surface area contributed by atoms with Gasteiger partial charge in [0.2, 0.25) is 0 Å². The molecule has 1 amide bonds. The van der Waals surface area contributed by atoms with Gasteiger partial charge in [0.05, 0.1) is 10.6 Å². The highest BCUT2D eigenvalue weighted by atomic mass is 35.5. The van der Waals surface area contributed by atoms with E-state index in [2.05, 4.69) is 0 Å². The number of hydrogen-bond acceptors (Lipinski definition) is 3. The van der Waals surface area contributed by atoms with Crippen molar-refractivity contribution in [2.75, 3.05) is 0 Å². The Morgan fingerprint density at radius 1 is 1.50 bits per heavy atom. The Bertz CT molecular complexity index is 437. The van der Waals surface area contributed by atoms with Gasteiger partial charge in [-0.15, -0.1) is 0 Å². The Hall–Kier alpha value is -1.33. The molecule has 0 aliphatic carbocycles. The van der Waals surface area contributed by atoms with Gasteiger partial charge in [-0.05, 0) is 19.1 Å². The summed E-state index contributed by atoms with van der Waals surface area (Å²) in [5.41, 5.74) is 11.0. The van der Waals surface area contributed by atoms with Crippen LogP contribution >= 0.6 is 23.8 Å². The van der Waals surface area contributed by atoms with E-state index in [0.717, 1.165) is 0 Å². The van der Waals surface area contributed by atoms with E-state index in [9.17, 15) is 4.79 Å². The van der Waals surface area contributed by atoms with Crippen LogP contribution in [0.4, 0.5) is 0 Å². The molecule has 86 valence electrons. The molecule has 6 heteroatoms. The monoisotopic (exact) mass is 258 g/mol. The number of nitrogens with two attached hydrogens (primary N) is 2. The van der Waals surface area contributed by atoms with Gasteiger partial charge in [-0.25, -0.2) is 0 Å². The number of benzene rings is 1. The van der Waals surface area contributed by atoms with E-state index in [0.29, 0.717) is 16.3 Å². The second-order valence-electron chi connectivity index (χ2n) is 3.14. The van der Waals surface area contributed by atoms with Gasteiger partial charge in [-0.2, -0.15) is 0 Å². The average molecular weight is 259 g/mol. The minimum atomic E-state index is -0.772. The van der Waals surface area contributed by atoms with Crippen LogP contribution in [-0.4, -0.2) is 17.0 Å². The first-order valence-corrected chi connectivity index (χ1v) is 5.26. The molecule has 1 atom stereocenters. The second kappa shape index (κ2) is 5.14. The summed E-state index contributed by atoms with van der Waals surface area (Å²) in [7, 11) is 0. The number of rotatable bonds is 4. The first kappa shape index (κ1) is 12.7. The number of primary amides is 1. The molecular formula is C10H11ClN2O2S. The highest BCUT2D eigenvalue weighted by Gasteiger charge is 2.16. The Labute approximate surface area is 104 Å². The predicted octanol–water partition coefficient (Wildman–Crippen LogP) is 1.23. The largest absolute Gasteiger partial charge is 0.480 e. The summed E-state index contributed by atoms with van der Waals surface area (Å²) in [6, 6.07) is 4.94. The van der Waals surface area contributed by atoms with Crippen LogP contribution < -0.4 is 16.2 Å². The lowest BCUT2D eigenvalue weighted by Gasteiger charge is -2.15. The van der Waals surface area contributed by atoms with Crippen molar-refractivity contribution in [2.45, 2.75) is 13.0 Å². The maximum absolute atomic E-state index is 10.9. The fourth-order valence-corrected chi connectivity index (χ4v) is 1.62. The van der Waals surface area contributed by atoms with Gasteiger partial charge in [0, 0.05) is 0 Å². The molecule has 0 aliphatic rings. The van der Waals surface area contributed by atoms with E-state index in [-0.39, 0.29) is 4.99 Å². The van der Waals surface area contributed by atoms with E-state index in [1.54, 1.807) is 18.2 Å². The van der Waals surface area contributed by atoms with Crippen molar-refractivity contribution < 1.29 is 9.53 Å². The Morgan fingerprint density at radius 2 is 2.12 bits per heavy atom. The second-order valence-corrected chi connectivity index (χ2v) is 3.99. The predicted molar refractivity (Wildman–Crippen MR) is 66.6 cm³/mol. The molecule has 1 aromatic rings. The molecule has 0 spiro atoms. The minimum Gasteiger partial charge on any atom is -0.480 e. The van der Waals surface area contributed by atoms with Crippen LogP contribution in [0.2, 0.25) is 5.02 Å². The Balaban J connectivity index is 3.09. The third kappa shape index (κ3) is 2.84. The average Bonchev–Trinajstić information content (AvgIpc) is 2.16. The molecule has 0 aromatic heterocycles. The quantitative estimate of drug-likeness (QED) is 0.796. The molecule has 4 nitrogen and oxygen atoms in total. The van der Waals surface area contributed by atoms with Crippen LogP contribution in [0.1, 0.15) is 12.5 Å². The molecular weight excluding hydrogens is 248 g/mol. The topological polar surface area (TPSA) is 78.3 Å². The first-order valence-electron chi connectivity index (χ1n) is 4.47. The first-order chi connectivity index (χ1) is 7.43. The normalized spacial score (nSPS) is 11.9. The van der Waals surface area contributed by atoms with Crippen LogP contribution in [0.25, 0.3) is 0 Å². The van der Waals surface area contributed by atoms with Crippen molar-refractivity contribution in [2.24, 2.45) is 11.5 Å². The molecule has 0 bridgehead atoms. The smallest absolute Gasteiger partial charge is 0.258 e. The van der Waals surface area contributed by atoms with E-state index in [1.807, 2.05) is 0 Å². The molecule has 4 N–H and O–H groups in total. The zero-order chi connectivity index (χ0) is 12.3. The summed E-state index contributed by atoms with van der Waals surface area (Å²) in [6.07, 6.45) is -0.772. The molecule has 0 aliphatic heterocycles.